The third-order valence-corrected chi connectivity index (χ3v) is 2.02. The molecule has 0 fully saturated rings. The van der Waals surface area contributed by atoms with E-state index in [9.17, 15) is 19.8 Å². The van der Waals surface area contributed by atoms with Gasteiger partial charge in [0.2, 0.25) is 0 Å². The summed E-state index contributed by atoms with van der Waals surface area (Å²) in [6, 6.07) is 0. The predicted octanol–water partition coefficient (Wildman–Crippen LogP) is -1.54. The Labute approximate surface area is 127 Å². The molecule has 0 aromatic carbocycles. The number of aromatic amines is 1. The van der Waals surface area contributed by atoms with E-state index in [1.165, 1.54) is 18.6 Å². The van der Waals surface area contributed by atoms with Gasteiger partial charge in [-0.2, -0.15) is 0 Å². The molecule has 0 amide bonds. The van der Waals surface area contributed by atoms with Crippen molar-refractivity contribution in [1.29, 1.82) is 0 Å². The molecule has 0 saturated carbocycles. The van der Waals surface area contributed by atoms with Gasteiger partial charge in [-0.25, -0.2) is 4.98 Å². The summed E-state index contributed by atoms with van der Waals surface area (Å²) in [6.07, 6.45) is 5.95. The second-order valence-electron chi connectivity index (χ2n) is 3.64. The molecule has 0 aliphatic carbocycles. The summed E-state index contributed by atoms with van der Waals surface area (Å²) in [4.78, 5) is 26.1. The fraction of sp³-hybridized carbons (Fsp3) is 0.417. The molecule has 2 N–H and O–H groups in total. The van der Waals surface area contributed by atoms with Crippen LogP contribution < -0.4 is 10.2 Å². The molecule has 0 aliphatic heterocycles. The van der Waals surface area contributed by atoms with Gasteiger partial charge in [0.05, 0.1) is 36.3 Å². The minimum atomic E-state index is -1.37. The molecule has 1 aromatic heterocycles. The Hall–Kier alpha value is -1.63. The SMILES string of the molecule is CCCCC(O)C(=O)[O-].O=C([O-])C=Cc1cnc[nH]1.[Mn+2]. The van der Waals surface area contributed by atoms with Crippen molar-refractivity contribution in [3.63, 3.8) is 0 Å². The fourth-order valence-corrected chi connectivity index (χ4v) is 1.03. The molecular formula is C12H16MnN2O5. The number of nitrogens with one attached hydrogen (secondary N) is 1. The van der Waals surface area contributed by atoms with Crippen molar-refractivity contribution in [3.05, 3.63) is 24.3 Å². The number of rotatable bonds is 6. The number of carboxylic acid groups (broad SMARTS) is 2. The molecule has 1 heterocycles. The summed E-state index contributed by atoms with van der Waals surface area (Å²) in [7, 11) is 0. The molecule has 0 bridgehead atoms. The summed E-state index contributed by atoms with van der Waals surface area (Å²) in [5.74, 6) is -2.59. The van der Waals surface area contributed by atoms with Crippen LogP contribution in [0.5, 0.6) is 0 Å². The predicted molar refractivity (Wildman–Crippen MR) is 63.2 cm³/mol. The number of hydrogen-bond donors (Lipinski definition) is 2. The Morgan fingerprint density at radius 2 is 2.15 bits per heavy atom. The molecule has 1 rings (SSSR count). The van der Waals surface area contributed by atoms with Crippen LogP contribution in [0.1, 0.15) is 31.9 Å². The van der Waals surface area contributed by atoms with Gasteiger partial charge in [-0.1, -0.05) is 19.8 Å². The first-order chi connectivity index (χ1) is 8.97. The number of carbonyl (C=O) groups is 2. The van der Waals surface area contributed by atoms with Gasteiger partial charge in [0.1, 0.15) is 0 Å². The second-order valence-corrected chi connectivity index (χ2v) is 3.64. The van der Waals surface area contributed by atoms with Crippen molar-refractivity contribution >= 4 is 18.0 Å². The van der Waals surface area contributed by atoms with Gasteiger partial charge in [-0.15, -0.1) is 0 Å². The van der Waals surface area contributed by atoms with E-state index in [2.05, 4.69) is 9.97 Å². The third-order valence-electron chi connectivity index (χ3n) is 2.02. The first-order valence-electron chi connectivity index (χ1n) is 5.73. The Morgan fingerprint density at radius 1 is 1.50 bits per heavy atom. The van der Waals surface area contributed by atoms with E-state index < -0.39 is 18.0 Å². The Bertz CT molecular complexity index is 406. The number of unbranched alkanes of at least 4 members (excludes halogenated alkanes) is 1. The number of aliphatic carboxylic acids is 2. The zero-order valence-electron chi connectivity index (χ0n) is 10.9. The van der Waals surface area contributed by atoms with Gasteiger partial charge in [0.25, 0.3) is 0 Å². The fourth-order valence-electron chi connectivity index (χ4n) is 1.03. The molecule has 7 nitrogen and oxygen atoms in total. The average molecular weight is 323 g/mol. The van der Waals surface area contributed by atoms with Gasteiger partial charge >= 0.3 is 17.1 Å². The molecule has 1 aromatic rings. The minimum absolute atomic E-state index is 0. The van der Waals surface area contributed by atoms with Crippen molar-refractivity contribution in [3.8, 4) is 0 Å². The average Bonchev–Trinajstić information content (AvgIpc) is 2.87. The summed E-state index contributed by atoms with van der Waals surface area (Å²) < 4.78 is 0. The molecule has 0 spiro atoms. The number of aliphatic hydroxyl groups is 1. The van der Waals surface area contributed by atoms with Crippen LogP contribution in [0.3, 0.4) is 0 Å². The molecule has 0 aliphatic rings. The van der Waals surface area contributed by atoms with Crippen LogP contribution in [-0.2, 0) is 26.7 Å². The van der Waals surface area contributed by atoms with E-state index in [1.54, 1.807) is 0 Å². The molecule has 1 radical (unpaired) electrons. The molecule has 0 saturated heterocycles. The number of imidazole rings is 1. The van der Waals surface area contributed by atoms with Crippen molar-refractivity contribution in [2.75, 3.05) is 0 Å². The molecule has 1 atom stereocenters. The van der Waals surface area contributed by atoms with Gasteiger partial charge in [0.15, 0.2) is 0 Å². The maximum atomic E-state index is 9.86. The molecule has 20 heavy (non-hydrogen) atoms. The third kappa shape index (κ3) is 11.5. The Morgan fingerprint density at radius 3 is 2.55 bits per heavy atom. The summed E-state index contributed by atoms with van der Waals surface area (Å²) in [6.45, 7) is 1.93. The quantitative estimate of drug-likeness (QED) is 0.482. The Balaban J connectivity index is 0. The summed E-state index contributed by atoms with van der Waals surface area (Å²) in [5.41, 5.74) is 0.643. The van der Waals surface area contributed by atoms with E-state index in [4.69, 9.17) is 5.11 Å². The number of carbonyl (C=O) groups excluding carboxylic acids is 2. The van der Waals surface area contributed by atoms with Crippen LogP contribution in [0.15, 0.2) is 18.6 Å². The number of carboxylic acids is 2. The molecular weight excluding hydrogens is 307 g/mol. The van der Waals surface area contributed by atoms with Crippen molar-refractivity contribution < 1.29 is 42.0 Å². The second kappa shape index (κ2) is 12.4. The van der Waals surface area contributed by atoms with Crippen LogP contribution in [0.25, 0.3) is 6.08 Å². The molecule has 8 heteroatoms. The number of nitrogens with zero attached hydrogens (tertiary/aromatic N) is 1. The zero-order chi connectivity index (χ0) is 14.7. The maximum absolute atomic E-state index is 9.86. The first-order valence-corrected chi connectivity index (χ1v) is 5.73. The standard InChI is InChI=1S/C6H6N2O2.C6H12O3.Mn/c9-6(10)2-1-5-3-7-4-8-5;1-2-3-4-5(7)6(8)9;/h1-4H,(H,7,8)(H,9,10);5,7H,2-4H2,1H3,(H,8,9);/q;;+2/p-2. The molecule has 1 unspecified atom stereocenters. The van der Waals surface area contributed by atoms with Gasteiger partial charge in [-0.05, 0) is 18.6 Å². The van der Waals surface area contributed by atoms with Crippen LogP contribution in [0.4, 0.5) is 0 Å². The number of hydrogen-bond acceptors (Lipinski definition) is 6. The molecule has 111 valence electrons. The number of aromatic nitrogens is 2. The minimum Gasteiger partial charge on any atom is -0.547 e. The largest absolute Gasteiger partial charge is 2.00 e. The van der Waals surface area contributed by atoms with Gasteiger partial charge in [-0.3, -0.25) is 0 Å². The van der Waals surface area contributed by atoms with Crippen LogP contribution in [0, 0.1) is 0 Å². The van der Waals surface area contributed by atoms with Gasteiger partial charge < -0.3 is 29.9 Å². The monoisotopic (exact) mass is 323 g/mol. The van der Waals surface area contributed by atoms with Crippen LogP contribution >= 0.6 is 0 Å². The van der Waals surface area contributed by atoms with E-state index in [0.717, 1.165) is 18.9 Å². The van der Waals surface area contributed by atoms with Crippen LogP contribution in [-0.4, -0.2) is 33.1 Å². The first kappa shape index (κ1) is 20.7. The number of H-pyrrole nitrogens is 1. The normalized spacial score (nSPS) is 11.1. The van der Waals surface area contributed by atoms with Crippen molar-refractivity contribution in [2.24, 2.45) is 0 Å². The van der Waals surface area contributed by atoms with Gasteiger partial charge in [0, 0.05) is 0 Å². The van der Waals surface area contributed by atoms with Crippen LogP contribution in [0.2, 0.25) is 0 Å². The number of aliphatic hydroxyl groups excluding tert-OH is 1. The topological polar surface area (TPSA) is 129 Å². The van der Waals surface area contributed by atoms with Crippen molar-refractivity contribution in [2.45, 2.75) is 32.3 Å². The summed E-state index contributed by atoms with van der Waals surface area (Å²) in [5, 5.41) is 28.3. The van der Waals surface area contributed by atoms with E-state index in [0.29, 0.717) is 12.1 Å². The van der Waals surface area contributed by atoms with E-state index in [-0.39, 0.29) is 17.1 Å². The Kier molecular flexibility index (Phi) is 12.8. The van der Waals surface area contributed by atoms with E-state index >= 15 is 0 Å². The maximum Gasteiger partial charge on any atom is 2.00 e. The smallest absolute Gasteiger partial charge is 0.547 e. The van der Waals surface area contributed by atoms with E-state index in [1.807, 2.05) is 6.92 Å². The summed E-state index contributed by atoms with van der Waals surface area (Å²) >= 11 is 0. The van der Waals surface area contributed by atoms with Crippen molar-refractivity contribution in [1.82, 2.24) is 9.97 Å². The zero-order valence-corrected chi connectivity index (χ0v) is 12.1.